The van der Waals surface area contributed by atoms with Gasteiger partial charge in [0.05, 0.1) is 24.1 Å². The fraction of sp³-hybridized carbons (Fsp3) is 0.467. The molecular formula is C15H19N5O4. The van der Waals surface area contributed by atoms with Crippen molar-refractivity contribution >= 4 is 16.9 Å². The summed E-state index contributed by atoms with van der Waals surface area (Å²) in [6.45, 7) is 1.17. The molecule has 1 aliphatic heterocycles. The van der Waals surface area contributed by atoms with Gasteiger partial charge in [0.2, 0.25) is 0 Å². The van der Waals surface area contributed by atoms with Gasteiger partial charge in [0.15, 0.2) is 6.23 Å². The molecule has 2 aromatic heterocycles. The quantitative estimate of drug-likeness (QED) is 0.409. The average molecular weight is 333 g/mol. The first-order valence-electron chi connectivity index (χ1n) is 7.38. The molecule has 9 heteroatoms. The van der Waals surface area contributed by atoms with Gasteiger partial charge in [-0.3, -0.25) is 0 Å². The second-order valence-electron chi connectivity index (χ2n) is 5.79. The number of rotatable bonds is 2. The van der Waals surface area contributed by atoms with Crippen LogP contribution in [-0.2, 0) is 4.74 Å². The normalized spacial score (nSPS) is 29.6. The Hall–Kier alpha value is -2.22. The highest BCUT2D eigenvalue weighted by molar-refractivity contribution is 5.92. The van der Waals surface area contributed by atoms with Crippen LogP contribution in [0.5, 0.6) is 0 Å². The van der Waals surface area contributed by atoms with E-state index in [9.17, 15) is 15.3 Å². The lowest BCUT2D eigenvalue weighted by Crippen LogP contribution is -2.44. The fourth-order valence-corrected chi connectivity index (χ4v) is 2.92. The Balaban J connectivity index is 2.19. The Labute approximate surface area is 137 Å². The lowest BCUT2D eigenvalue weighted by Gasteiger charge is -2.27. The Morgan fingerprint density at radius 2 is 2.21 bits per heavy atom. The first-order valence-corrected chi connectivity index (χ1v) is 7.38. The lowest BCUT2D eigenvalue weighted by atomic mass is 9.96. The van der Waals surface area contributed by atoms with Gasteiger partial charge in [0, 0.05) is 6.20 Å². The van der Waals surface area contributed by atoms with E-state index >= 15 is 0 Å². The molecule has 9 nitrogen and oxygen atoms in total. The lowest BCUT2D eigenvalue weighted by molar-refractivity contribution is -0.0948. The molecule has 1 fully saturated rings. The van der Waals surface area contributed by atoms with Crippen molar-refractivity contribution in [1.29, 1.82) is 0 Å². The van der Waals surface area contributed by atoms with Crippen LogP contribution in [0.25, 0.3) is 11.0 Å². The molecule has 0 radical (unpaired) electrons. The summed E-state index contributed by atoms with van der Waals surface area (Å²) in [5.41, 5.74) is 10.6. The summed E-state index contributed by atoms with van der Waals surface area (Å²) in [5.74, 6) is 5.86. The Morgan fingerprint density at radius 1 is 1.46 bits per heavy atom. The molecule has 1 aliphatic rings. The zero-order valence-electron chi connectivity index (χ0n) is 13.0. The molecule has 1 saturated heterocycles. The van der Waals surface area contributed by atoms with Crippen LogP contribution in [0.2, 0.25) is 0 Å². The monoisotopic (exact) mass is 333 g/mol. The van der Waals surface area contributed by atoms with Gasteiger partial charge in [-0.05, 0) is 6.92 Å². The van der Waals surface area contributed by atoms with Crippen LogP contribution in [0.3, 0.4) is 0 Å². The predicted molar refractivity (Wildman–Crippen MR) is 85.5 cm³/mol. The van der Waals surface area contributed by atoms with Crippen molar-refractivity contribution in [2.45, 2.75) is 31.0 Å². The van der Waals surface area contributed by atoms with E-state index in [0.717, 1.165) is 0 Å². The van der Waals surface area contributed by atoms with Crippen LogP contribution < -0.4 is 11.5 Å². The molecule has 0 saturated carbocycles. The third-order valence-corrected chi connectivity index (χ3v) is 4.15. The van der Waals surface area contributed by atoms with E-state index in [2.05, 4.69) is 21.8 Å². The van der Waals surface area contributed by atoms with E-state index in [0.29, 0.717) is 16.6 Å². The number of hydrogen-bond acceptors (Lipinski definition) is 8. The SMILES string of the molecule is C[C@]1(O)C(n2cc(C#CCN)c3c(N)ncnc32)OC(CO)[C@H]1O. The number of nitrogen functional groups attached to an aromatic ring is 1. The molecular weight excluding hydrogens is 314 g/mol. The molecule has 3 rings (SSSR count). The van der Waals surface area contributed by atoms with Gasteiger partial charge < -0.3 is 36.1 Å². The molecule has 2 aromatic rings. The molecule has 0 aliphatic carbocycles. The maximum atomic E-state index is 10.7. The molecule has 4 atom stereocenters. The Kier molecular flexibility index (Phi) is 4.16. The molecule has 3 heterocycles. The number of aliphatic hydroxyl groups excluding tert-OH is 2. The second kappa shape index (κ2) is 6.01. The Bertz CT molecular complexity index is 822. The molecule has 2 unspecified atom stereocenters. The standard InChI is InChI=1S/C15H19N5O4/c1-15(23)11(22)9(6-21)24-14(15)20-5-8(3-2-4-16)10-12(17)18-7-19-13(10)20/h5,7,9,11,14,21-23H,4,6,16H2,1H3,(H2,17,18,19)/t9?,11-,14?,15-/m1/s1. The van der Waals surface area contributed by atoms with Crippen molar-refractivity contribution in [1.82, 2.24) is 14.5 Å². The first-order chi connectivity index (χ1) is 11.4. The van der Waals surface area contributed by atoms with Gasteiger partial charge in [-0.25, -0.2) is 9.97 Å². The molecule has 128 valence electrons. The zero-order valence-corrected chi connectivity index (χ0v) is 13.0. The minimum Gasteiger partial charge on any atom is -0.394 e. The van der Waals surface area contributed by atoms with Gasteiger partial charge in [-0.1, -0.05) is 11.8 Å². The number of anilines is 1. The highest BCUT2D eigenvalue weighted by atomic mass is 16.6. The molecule has 0 bridgehead atoms. The molecule has 0 aromatic carbocycles. The second-order valence-corrected chi connectivity index (χ2v) is 5.79. The summed E-state index contributed by atoms with van der Waals surface area (Å²) in [4.78, 5) is 8.15. The Morgan fingerprint density at radius 3 is 2.83 bits per heavy atom. The largest absolute Gasteiger partial charge is 0.394 e. The van der Waals surface area contributed by atoms with Crippen LogP contribution in [-0.4, -0.2) is 60.8 Å². The predicted octanol–water partition coefficient (Wildman–Crippen LogP) is -1.67. The fourth-order valence-electron chi connectivity index (χ4n) is 2.92. The van der Waals surface area contributed by atoms with Gasteiger partial charge in [0.1, 0.15) is 35.6 Å². The summed E-state index contributed by atoms with van der Waals surface area (Å²) in [5, 5.41) is 30.7. The third-order valence-electron chi connectivity index (χ3n) is 4.15. The van der Waals surface area contributed by atoms with Crippen molar-refractivity contribution in [2.75, 3.05) is 18.9 Å². The van der Waals surface area contributed by atoms with E-state index < -0.39 is 30.6 Å². The number of nitrogens with zero attached hydrogens (tertiary/aromatic N) is 3. The number of ether oxygens (including phenoxy) is 1. The highest BCUT2D eigenvalue weighted by Gasteiger charge is 2.53. The van der Waals surface area contributed by atoms with Crippen LogP contribution in [0.4, 0.5) is 5.82 Å². The van der Waals surface area contributed by atoms with E-state index in [4.69, 9.17) is 16.2 Å². The summed E-state index contributed by atoms with van der Waals surface area (Å²) >= 11 is 0. The summed E-state index contributed by atoms with van der Waals surface area (Å²) in [6, 6.07) is 0. The van der Waals surface area contributed by atoms with Crippen LogP contribution in [0.15, 0.2) is 12.5 Å². The van der Waals surface area contributed by atoms with E-state index in [-0.39, 0.29) is 12.4 Å². The number of aliphatic hydroxyl groups is 3. The van der Waals surface area contributed by atoms with Gasteiger partial charge in [-0.2, -0.15) is 0 Å². The number of aromatic nitrogens is 3. The van der Waals surface area contributed by atoms with Crippen LogP contribution in [0, 0.1) is 11.8 Å². The topological polar surface area (TPSA) is 153 Å². The highest BCUT2D eigenvalue weighted by Crippen LogP contribution is 2.40. The van der Waals surface area contributed by atoms with Crippen LogP contribution >= 0.6 is 0 Å². The van der Waals surface area contributed by atoms with E-state index in [1.807, 2.05) is 0 Å². The van der Waals surface area contributed by atoms with Gasteiger partial charge >= 0.3 is 0 Å². The van der Waals surface area contributed by atoms with E-state index in [1.54, 1.807) is 6.20 Å². The van der Waals surface area contributed by atoms with Gasteiger partial charge in [0.25, 0.3) is 0 Å². The number of fused-ring (bicyclic) bond motifs is 1. The molecule has 24 heavy (non-hydrogen) atoms. The molecule has 7 N–H and O–H groups in total. The summed E-state index contributed by atoms with van der Waals surface area (Å²) in [6.07, 6.45) is -0.250. The van der Waals surface area contributed by atoms with Crippen molar-refractivity contribution in [3.8, 4) is 11.8 Å². The van der Waals surface area contributed by atoms with Crippen molar-refractivity contribution in [3.63, 3.8) is 0 Å². The number of hydrogen-bond donors (Lipinski definition) is 5. The summed E-state index contributed by atoms with van der Waals surface area (Å²) in [7, 11) is 0. The zero-order chi connectivity index (χ0) is 17.5. The number of nitrogens with two attached hydrogens (primary N) is 2. The van der Waals surface area contributed by atoms with Crippen molar-refractivity contribution in [3.05, 3.63) is 18.1 Å². The summed E-state index contributed by atoms with van der Waals surface area (Å²) < 4.78 is 7.16. The molecule has 0 amide bonds. The molecule has 0 spiro atoms. The average Bonchev–Trinajstić information content (AvgIpc) is 3.02. The minimum absolute atomic E-state index is 0.170. The van der Waals surface area contributed by atoms with E-state index in [1.165, 1.54) is 17.8 Å². The van der Waals surface area contributed by atoms with Crippen molar-refractivity contribution < 1.29 is 20.1 Å². The van der Waals surface area contributed by atoms with Crippen molar-refractivity contribution in [2.24, 2.45) is 5.73 Å². The first kappa shape index (κ1) is 16.6. The van der Waals surface area contributed by atoms with Crippen LogP contribution in [0.1, 0.15) is 18.7 Å². The third kappa shape index (κ3) is 2.41. The minimum atomic E-state index is -1.64. The smallest absolute Gasteiger partial charge is 0.167 e. The maximum Gasteiger partial charge on any atom is 0.167 e. The maximum absolute atomic E-state index is 10.7. The van der Waals surface area contributed by atoms with Gasteiger partial charge in [-0.15, -0.1) is 0 Å².